The first-order valence-electron chi connectivity index (χ1n) is 8.59. The van der Waals surface area contributed by atoms with Crippen molar-refractivity contribution in [1.82, 2.24) is 9.80 Å². The molecule has 4 rings (SSSR count). The maximum atomic E-state index is 12.7. The Bertz CT molecular complexity index is 684. The summed E-state index contributed by atoms with van der Waals surface area (Å²) < 4.78 is 5.84. The number of fused-ring (bicyclic) bond motifs is 1. The normalized spacial score (nSPS) is 20.5. The highest BCUT2D eigenvalue weighted by Gasteiger charge is 2.33. The molecule has 4 nitrogen and oxygen atoms in total. The van der Waals surface area contributed by atoms with E-state index in [1.54, 1.807) is 0 Å². The molecule has 124 valence electrons. The molecule has 0 aromatic heterocycles. The molecule has 0 saturated carbocycles. The van der Waals surface area contributed by atoms with Crippen LogP contribution in [0.15, 0.2) is 54.6 Å². The van der Waals surface area contributed by atoms with E-state index in [-0.39, 0.29) is 12.0 Å². The fourth-order valence-electron chi connectivity index (χ4n) is 3.49. The Morgan fingerprint density at radius 3 is 2.42 bits per heavy atom. The molecular weight excluding hydrogens is 300 g/mol. The molecule has 2 aromatic carbocycles. The van der Waals surface area contributed by atoms with E-state index in [1.807, 2.05) is 35.2 Å². The molecule has 1 saturated heterocycles. The van der Waals surface area contributed by atoms with Crippen molar-refractivity contribution in [2.75, 3.05) is 26.2 Å². The van der Waals surface area contributed by atoms with Crippen LogP contribution in [0.25, 0.3) is 0 Å². The summed E-state index contributed by atoms with van der Waals surface area (Å²) in [6, 6.07) is 18.4. The zero-order valence-electron chi connectivity index (χ0n) is 13.7. The smallest absolute Gasteiger partial charge is 0.264 e. The van der Waals surface area contributed by atoms with E-state index in [9.17, 15) is 4.79 Å². The molecule has 2 aromatic rings. The molecule has 1 amide bonds. The molecule has 2 aliphatic rings. The Hall–Kier alpha value is -2.33. The second kappa shape index (κ2) is 6.65. The third-order valence-corrected chi connectivity index (χ3v) is 4.86. The summed E-state index contributed by atoms with van der Waals surface area (Å²) in [5, 5.41) is 0. The number of para-hydroxylation sites is 1. The standard InChI is InChI=1S/C20H22N2O2/c23-20(19-14-17-8-4-5-9-18(17)24-19)22-12-10-21(11-13-22)15-16-6-2-1-3-7-16/h1-9,19H,10-15H2/t19-/m1/s1. The van der Waals surface area contributed by atoms with E-state index in [0.29, 0.717) is 6.42 Å². The van der Waals surface area contributed by atoms with Gasteiger partial charge >= 0.3 is 0 Å². The summed E-state index contributed by atoms with van der Waals surface area (Å²) in [7, 11) is 0. The van der Waals surface area contributed by atoms with E-state index >= 15 is 0 Å². The van der Waals surface area contributed by atoms with Crippen molar-refractivity contribution in [2.45, 2.75) is 19.1 Å². The maximum Gasteiger partial charge on any atom is 0.264 e. The lowest BCUT2D eigenvalue weighted by Crippen LogP contribution is -2.51. The van der Waals surface area contributed by atoms with Gasteiger partial charge in [0.05, 0.1) is 0 Å². The molecular formula is C20H22N2O2. The highest BCUT2D eigenvalue weighted by molar-refractivity contribution is 5.82. The Balaban J connectivity index is 1.31. The molecule has 0 bridgehead atoms. The van der Waals surface area contributed by atoms with Gasteiger partial charge in [0, 0.05) is 39.1 Å². The molecule has 2 aliphatic heterocycles. The first-order chi connectivity index (χ1) is 11.8. The Labute approximate surface area is 142 Å². The number of carbonyl (C=O) groups excluding carboxylic acids is 1. The number of hydrogen-bond acceptors (Lipinski definition) is 3. The topological polar surface area (TPSA) is 32.8 Å². The van der Waals surface area contributed by atoms with Crippen LogP contribution < -0.4 is 4.74 Å². The van der Waals surface area contributed by atoms with Crippen LogP contribution in [0.1, 0.15) is 11.1 Å². The van der Waals surface area contributed by atoms with E-state index in [1.165, 1.54) is 5.56 Å². The van der Waals surface area contributed by atoms with Crippen molar-refractivity contribution in [1.29, 1.82) is 0 Å². The van der Waals surface area contributed by atoms with Crippen LogP contribution in [-0.2, 0) is 17.8 Å². The fraction of sp³-hybridized carbons (Fsp3) is 0.350. The lowest BCUT2D eigenvalue weighted by atomic mass is 10.1. The first-order valence-corrected chi connectivity index (χ1v) is 8.59. The van der Waals surface area contributed by atoms with Crippen LogP contribution in [0.3, 0.4) is 0 Å². The van der Waals surface area contributed by atoms with Crippen LogP contribution in [0.5, 0.6) is 5.75 Å². The molecule has 2 heterocycles. The molecule has 1 atom stereocenters. The van der Waals surface area contributed by atoms with Gasteiger partial charge in [0.25, 0.3) is 5.91 Å². The molecule has 24 heavy (non-hydrogen) atoms. The van der Waals surface area contributed by atoms with Crippen molar-refractivity contribution >= 4 is 5.91 Å². The summed E-state index contributed by atoms with van der Waals surface area (Å²) in [6.45, 7) is 4.35. The number of benzene rings is 2. The van der Waals surface area contributed by atoms with Crippen LogP contribution >= 0.6 is 0 Å². The molecule has 4 heteroatoms. The highest BCUT2D eigenvalue weighted by Crippen LogP contribution is 2.29. The molecule has 0 radical (unpaired) electrons. The predicted octanol–water partition coefficient (Wildman–Crippen LogP) is 2.33. The number of amides is 1. The van der Waals surface area contributed by atoms with Gasteiger partial charge in [-0.2, -0.15) is 0 Å². The van der Waals surface area contributed by atoms with Gasteiger partial charge in [-0.25, -0.2) is 0 Å². The summed E-state index contributed by atoms with van der Waals surface area (Å²) in [4.78, 5) is 17.1. The van der Waals surface area contributed by atoms with Gasteiger partial charge < -0.3 is 9.64 Å². The van der Waals surface area contributed by atoms with Gasteiger partial charge in [-0.1, -0.05) is 48.5 Å². The number of piperazine rings is 1. The second-order valence-corrected chi connectivity index (χ2v) is 6.51. The van der Waals surface area contributed by atoms with Crippen LogP contribution in [0.2, 0.25) is 0 Å². The number of nitrogens with zero attached hydrogens (tertiary/aromatic N) is 2. The third kappa shape index (κ3) is 3.15. The van der Waals surface area contributed by atoms with Gasteiger partial charge in [0.15, 0.2) is 6.10 Å². The lowest BCUT2D eigenvalue weighted by molar-refractivity contribution is -0.139. The Morgan fingerprint density at radius 1 is 0.958 bits per heavy atom. The van der Waals surface area contributed by atoms with Crippen LogP contribution in [0.4, 0.5) is 0 Å². The number of ether oxygens (including phenoxy) is 1. The molecule has 1 fully saturated rings. The summed E-state index contributed by atoms with van der Waals surface area (Å²) in [5.74, 6) is 0.990. The summed E-state index contributed by atoms with van der Waals surface area (Å²) >= 11 is 0. The van der Waals surface area contributed by atoms with E-state index < -0.39 is 0 Å². The quantitative estimate of drug-likeness (QED) is 0.869. The van der Waals surface area contributed by atoms with Crippen molar-refractivity contribution in [3.05, 3.63) is 65.7 Å². The average Bonchev–Trinajstić information content (AvgIpc) is 3.07. The van der Waals surface area contributed by atoms with Gasteiger partial charge in [0.1, 0.15) is 5.75 Å². The zero-order chi connectivity index (χ0) is 16.4. The fourth-order valence-corrected chi connectivity index (χ4v) is 3.49. The van der Waals surface area contributed by atoms with Gasteiger partial charge in [-0.05, 0) is 17.2 Å². The monoisotopic (exact) mass is 322 g/mol. The SMILES string of the molecule is O=C([C@H]1Cc2ccccc2O1)N1CCN(Cc2ccccc2)CC1. The van der Waals surface area contributed by atoms with E-state index in [2.05, 4.69) is 29.2 Å². The largest absolute Gasteiger partial charge is 0.480 e. The minimum absolute atomic E-state index is 0.130. The zero-order valence-corrected chi connectivity index (χ0v) is 13.7. The average molecular weight is 322 g/mol. The van der Waals surface area contributed by atoms with Crippen molar-refractivity contribution in [3.63, 3.8) is 0 Å². The Morgan fingerprint density at radius 2 is 1.67 bits per heavy atom. The number of hydrogen-bond donors (Lipinski definition) is 0. The van der Waals surface area contributed by atoms with Crippen LogP contribution in [-0.4, -0.2) is 48.0 Å². The molecule has 0 aliphatic carbocycles. The second-order valence-electron chi connectivity index (χ2n) is 6.51. The highest BCUT2D eigenvalue weighted by atomic mass is 16.5. The van der Waals surface area contributed by atoms with Crippen molar-refractivity contribution < 1.29 is 9.53 Å². The van der Waals surface area contributed by atoms with Crippen LogP contribution in [0, 0.1) is 0 Å². The molecule has 0 spiro atoms. The van der Waals surface area contributed by atoms with Gasteiger partial charge in [0.2, 0.25) is 0 Å². The molecule has 0 unspecified atom stereocenters. The Kier molecular flexibility index (Phi) is 4.22. The van der Waals surface area contributed by atoms with E-state index in [4.69, 9.17) is 4.74 Å². The predicted molar refractivity (Wildman–Crippen MR) is 92.9 cm³/mol. The minimum Gasteiger partial charge on any atom is -0.480 e. The summed E-state index contributed by atoms with van der Waals surface area (Å²) in [6.07, 6.45) is 0.349. The van der Waals surface area contributed by atoms with Gasteiger partial charge in [-0.3, -0.25) is 9.69 Å². The number of carbonyl (C=O) groups is 1. The van der Waals surface area contributed by atoms with Crippen molar-refractivity contribution in [2.24, 2.45) is 0 Å². The minimum atomic E-state index is -0.344. The van der Waals surface area contributed by atoms with Crippen molar-refractivity contribution in [3.8, 4) is 5.75 Å². The van der Waals surface area contributed by atoms with Gasteiger partial charge in [-0.15, -0.1) is 0 Å². The van der Waals surface area contributed by atoms with E-state index in [0.717, 1.165) is 44.0 Å². The maximum absolute atomic E-state index is 12.7. The lowest BCUT2D eigenvalue weighted by Gasteiger charge is -2.35. The third-order valence-electron chi connectivity index (χ3n) is 4.86. The number of rotatable bonds is 3. The first kappa shape index (κ1) is 15.2. The summed E-state index contributed by atoms with van der Waals surface area (Å²) in [5.41, 5.74) is 2.46. The molecule has 0 N–H and O–H groups in total.